The fourth-order valence-corrected chi connectivity index (χ4v) is 2.97. The second kappa shape index (κ2) is 13.0. The van der Waals surface area contributed by atoms with E-state index in [0.717, 1.165) is 47.3 Å². The molecule has 33 heavy (non-hydrogen) atoms. The molecule has 0 saturated heterocycles. The molecule has 3 aromatic rings. The van der Waals surface area contributed by atoms with E-state index < -0.39 is 0 Å². The van der Waals surface area contributed by atoms with Gasteiger partial charge in [0.1, 0.15) is 5.75 Å². The zero-order valence-electron chi connectivity index (χ0n) is 19.2. The molecule has 8 nitrogen and oxygen atoms in total. The van der Waals surface area contributed by atoms with Crippen molar-refractivity contribution in [2.75, 3.05) is 52.5 Å². The molecule has 0 unspecified atom stereocenters. The Hall–Kier alpha value is -3.62. The third kappa shape index (κ3) is 7.78. The summed E-state index contributed by atoms with van der Waals surface area (Å²) >= 11 is 0. The molecule has 0 amide bonds. The molecule has 0 heterocycles. The number of azo groups is 2. The van der Waals surface area contributed by atoms with Crippen LogP contribution in [-0.2, 0) is 9.47 Å². The number of hydrogen-bond donors (Lipinski definition) is 0. The summed E-state index contributed by atoms with van der Waals surface area (Å²) in [6.07, 6.45) is 0. The fourth-order valence-electron chi connectivity index (χ4n) is 2.97. The smallest absolute Gasteiger partial charge is 0.119 e. The van der Waals surface area contributed by atoms with E-state index in [4.69, 9.17) is 14.2 Å². The Balaban J connectivity index is 1.59. The van der Waals surface area contributed by atoms with Crippen molar-refractivity contribution in [1.82, 2.24) is 0 Å². The van der Waals surface area contributed by atoms with Crippen molar-refractivity contribution in [1.29, 1.82) is 0 Å². The van der Waals surface area contributed by atoms with E-state index in [0.29, 0.717) is 13.2 Å². The molecule has 0 N–H and O–H groups in total. The molecule has 0 radical (unpaired) electrons. The van der Waals surface area contributed by atoms with Crippen molar-refractivity contribution in [3.63, 3.8) is 0 Å². The number of nitrogens with zero attached hydrogens (tertiary/aromatic N) is 5. The zero-order valence-corrected chi connectivity index (χ0v) is 19.2. The monoisotopic (exact) mass is 447 g/mol. The van der Waals surface area contributed by atoms with Crippen molar-refractivity contribution in [2.24, 2.45) is 20.5 Å². The Labute approximate surface area is 194 Å². The van der Waals surface area contributed by atoms with Gasteiger partial charge in [0.05, 0.1) is 43.1 Å². The van der Waals surface area contributed by atoms with Crippen LogP contribution in [0, 0.1) is 0 Å². The molecule has 0 aliphatic heterocycles. The quantitative estimate of drug-likeness (QED) is 0.292. The molecule has 0 bridgehead atoms. The summed E-state index contributed by atoms with van der Waals surface area (Å²) in [4.78, 5) is 2.22. The van der Waals surface area contributed by atoms with E-state index in [1.165, 1.54) is 0 Å². The standard InChI is InChI=1S/C25H29N5O3/c1-31-18-16-30(17-19-32-2)24-12-8-22(9-13-24)28-26-20-4-6-21(7-5-20)27-29-23-10-14-25(33-3)15-11-23/h4-15H,16-19H2,1-3H3. The van der Waals surface area contributed by atoms with Crippen LogP contribution in [0.5, 0.6) is 5.75 Å². The molecule has 172 valence electrons. The summed E-state index contributed by atoms with van der Waals surface area (Å²) in [5, 5.41) is 17.1. The Kier molecular flexibility index (Phi) is 9.50. The van der Waals surface area contributed by atoms with Gasteiger partial charge in [-0.25, -0.2) is 0 Å². The molecule has 0 aliphatic carbocycles. The van der Waals surface area contributed by atoms with Crippen molar-refractivity contribution in [3.05, 3.63) is 72.8 Å². The maximum atomic E-state index is 5.21. The third-order valence-corrected chi connectivity index (χ3v) is 4.83. The maximum Gasteiger partial charge on any atom is 0.119 e. The summed E-state index contributed by atoms with van der Waals surface area (Å²) < 4.78 is 15.6. The number of anilines is 1. The number of rotatable bonds is 12. The van der Waals surface area contributed by atoms with Gasteiger partial charge >= 0.3 is 0 Å². The zero-order chi connectivity index (χ0) is 23.3. The van der Waals surface area contributed by atoms with Crippen LogP contribution in [0.15, 0.2) is 93.3 Å². The summed E-state index contributed by atoms with van der Waals surface area (Å²) in [5.41, 5.74) is 4.10. The van der Waals surface area contributed by atoms with Gasteiger partial charge in [-0.1, -0.05) is 0 Å². The first kappa shape index (κ1) is 24.0. The van der Waals surface area contributed by atoms with Gasteiger partial charge in [-0.3, -0.25) is 0 Å². The summed E-state index contributed by atoms with van der Waals surface area (Å²) in [6.45, 7) is 2.90. The lowest BCUT2D eigenvalue weighted by atomic mass is 10.2. The fraction of sp³-hybridized carbons (Fsp3) is 0.280. The van der Waals surface area contributed by atoms with Gasteiger partial charge in [-0.2, -0.15) is 20.5 Å². The van der Waals surface area contributed by atoms with Crippen LogP contribution in [-0.4, -0.2) is 47.6 Å². The molecule has 0 aromatic heterocycles. The van der Waals surface area contributed by atoms with E-state index in [2.05, 4.69) is 25.4 Å². The van der Waals surface area contributed by atoms with Gasteiger partial charge in [0, 0.05) is 33.0 Å². The molecule has 8 heteroatoms. The van der Waals surface area contributed by atoms with Gasteiger partial charge < -0.3 is 19.1 Å². The SMILES string of the molecule is COCCN(CCOC)c1ccc(N=Nc2ccc(N=Nc3ccc(OC)cc3)cc2)cc1. The lowest BCUT2D eigenvalue weighted by Crippen LogP contribution is -2.30. The lowest BCUT2D eigenvalue weighted by Gasteiger charge is -2.24. The number of methoxy groups -OCH3 is 3. The summed E-state index contributed by atoms with van der Waals surface area (Å²) in [6, 6.07) is 22.8. The maximum absolute atomic E-state index is 5.21. The second-order valence-corrected chi connectivity index (χ2v) is 7.10. The highest BCUT2D eigenvalue weighted by atomic mass is 16.5. The Bertz CT molecular complexity index is 1010. The van der Waals surface area contributed by atoms with E-state index >= 15 is 0 Å². The minimum Gasteiger partial charge on any atom is -0.497 e. The van der Waals surface area contributed by atoms with Crippen molar-refractivity contribution in [2.45, 2.75) is 0 Å². The van der Waals surface area contributed by atoms with E-state index in [1.54, 1.807) is 21.3 Å². The van der Waals surface area contributed by atoms with Gasteiger partial charge in [0.15, 0.2) is 0 Å². The van der Waals surface area contributed by atoms with Gasteiger partial charge in [0.25, 0.3) is 0 Å². The van der Waals surface area contributed by atoms with Gasteiger partial charge in [-0.15, -0.1) is 0 Å². The Morgan fingerprint density at radius 1 is 0.545 bits per heavy atom. The summed E-state index contributed by atoms with van der Waals surface area (Å²) in [5.74, 6) is 0.785. The topological polar surface area (TPSA) is 80.4 Å². The number of ether oxygens (including phenoxy) is 3. The highest BCUT2D eigenvalue weighted by Gasteiger charge is 2.06. The van der Waals surface area contributed by atoms with Crippen molar-refractivity contribution < 1.29 is 14.2 Å². The first-order valence-corrected chi connectivity index (χ1v) is 10.6. The van der Waals surface area contributed by atoms with Crippen LogP contribution in [0.25, 0.3) is 0 Å². The molecular weight excluding hydrogens is 418 g/mol. The third-order valence-electron chi connectivity index (χ3n) is 4.83. The largest absolute Gasteiger partial charge is 0.497 e. The summed E-state index contributed by atoms with van der Waals surface area (Å²) in [7, 11) is 5.04. The van der Waals surface area contributed by atoms with Gasteiger partial charge in [0.2, 0.25) is 0 Å². The molecular formula is C25H29N5O3. The molecule has 0 aliphatic rings. The highest BCUT2D eigenvalue weighted by molar-refractivity contribution is 5.53. The van der Waals surface area contributed by atoms with Crippen molar-refractivity contribution in [3.8, 4) is 5.75 Å². The average molecular weight is 448 g/mol. The highest BCUT2D eigenvalue weighted by Crippen LogP contribution is 2.25. The Morgan fingerprint density at radius 3 is 1.27 bits per heavy atom. The normalized spacial score (nSPS) is 11.4. The minimum absolute atomic E-state index is 0.654. The minimum atomic E-state index is 0.654. The second-order valence-electron chi connectivity index (χ2n) is 7.10. The molecule has 3 aromatic carbocycles. The first-order chi connectivity index (χ1) is 16.2. The van der Waals surface area contributed by atoms with Crippen LogP contribution < -0.4 is 9.64 Å². The molecule has 0 atom stereocenters. The van der Waals surface area contributed by atoms with Crippen LogP contribution in [0.4, 0.5) is 28.4 Å². The number of hydrogen-bond acceptors (Lipinski definition) is 8. The Morgan fingerprint density at radius 2 is 0.909 bits per heavy atom. The number of benzene rings is 3. The first-order valence-electron chi connectivity index (χ1n) is 10.6. The van der Waals surface area contributed by atoms with E-state index in [9.17, 15) is 0 Å². The van der Waals surface area contributed by atoms with Crippen LogP contribution in [0.3, 0.4) is 0 Å². The molecule has 0 fully saturated rings. The van der Waals surface area contributed by atoms with Crippen molar-refractivity contribution >= 4 is 28.4 Å². The molecule has 0 saturated carbocycles. The van der Waals surface area contributed by atoms with E-state index in [-0.39, 0.29) is 0 Å². The molecule has 3 rings (SSSR count). The van der Waals surface area contributed by atoms with Crippen LogP contribution in [0.2, 0.25) is 0 Å². The lowest BCUT2D eigenvalue weighted by molar-refractivity contribution is 0.190. The van der Waals surface area contributed by atoms with E-state index in [1.807, 2.05) is 72.8 Å². The van der Waals surface area contributed by atoms with Crippen LogP contribution in [0.1, 0.15) is 0 Å². The predicted molar refractivity (Wildman–Crippen MR) is 130 cm³/mol. The van der Waals surface area contributed by atoms with Crippen LogP contribution >= 0.6 is 0 Å². The average Bonchev–Trinajstić information content (AvgIpc) is 2.87. The van der Waals surface area contributed by atoms with Gasteiger partial charge in [-0.05, 0) is 72.8 Å². The predicted octanol–water partition coefficient (Wildman–Crippen LogP) is 6.63. The molecule has 0 spiro atoms.